The molecule has 0 fully saturated rings. The average Bonchev–Trinajstić information content (AvgIpc) is 2.35. The number of nitrogens with zero attached hydrogens (tertiary/aromatic N) is 1. The third-order valence-electron chi connectivity index (χ3n) is 2.61. The molecule has 0 aliphatic rings. The predicted molar refractivity (Wildman–Crippen MR) is 68.4 cm³/mol. The summed E-state index contributed by atoms with van der Waals surface area (Å²) in [6.45, 7) is -0.234. The Labute approximate surface area is 111 Å². The van der Waals surface area contributed by atoms with Crippen LogP contribution in [0.25, 0.3) is 0 Å². The number of carboxylic acid groups (broad SMARTS) is 2. The van der Waals surface area contributed by atoms with Gasteiger partial charge in [0.1, 0.15) is 5.75 Å². The first-order chi connectivity index (χ1) is 9.02. The molecular formula is C13H17NO5. The van der Waals surface area contributed by atoms with E-state index >= 15 is 0 Å². The van der Waals surface area contributed by atoms with Crippen LogP contribution in [0.2, 0.25) is 0 Å². The first-order valence-corrected chi connectivity index (χ1v) is 5.80. The lowest BCUT2D eigenvalue weighted by Crippen LogP contribution is -2.36. The normalized spacial score (nSPS) is 10.4. The Balaban J connectivity index is 2.64. The maximum absolute atomic E-state index is 10.7. The number of carboxylic acids is 2. The van der Waals surface area contributed by atoms with E-state index in [2.05, 4.69) is 0 Å². The van der Waals surface area contributed by atoms with Gasteiger partial charge in [0.15, 0.2) is 0 Å². The summed E-state index contributed by atoms with van der Waals surface area (Å²) in [6.07, 6.45) is 0.532. The van der Waals surface area contributed by atoms with Crippen LogP contribution < -0.4 is 4.74 Å². The number of para-hydroxylation sites is 1. The van der Waals surface area contributed by atoms with Crippen molar-refractivity contribution in [3.05, 3.63) is 29.8 Å². The van der Waals surface area contributed by atoms with Gasteiger partial charge in [-0.05, 0) is 18.1 Å². The molecule has 1 rings (SSSR count). The topological polar surface area (TPSA) is 87.1 Å². The number of carbonyl (C=O) groups is 2. The van der Waals surface area contributed by atoms with Gasteiger partial charge < -0.3 is 14.9 Å². The standard InChI is InChI=1S/C13H17NO5/c1-19-11-5-3-2-4-10(11)6-7-14(8-12(15)16)9-13(17)18/h2-5H,6-9H2,1H3,(H,15,16)(H,17,18). The Morgan fingerprint density at radius 2 is 1.74 bits per heavy atom. The maximum atomic E-state index is 10.7. The van der Waals surface area contributed by atoms with E-state index in [0.29, 0.717) is 18.7 Å². The summed E-state index contributed by atoms with van der Waals surface area (Å²) >= 11 is 0. The second-order valence-electron chi connectivity index (χ2n) is 4.06. The first-order valence-electron chi connectivity index (χ1n) is 5.80. The van der Waals surface area contributed by atoms with Gasteiger partial charge in [-0.1, -0.05) is 18.2 Å². The molecule has 19 heavy (non-hydrogen) atoms. The molecule has 0 heterocycles. The molecule has 0 amide bonds. The predicted octanol–water partition coefficient (Wildman–Crippen LogP) is 0.709. The smallest absolute Gasteiger partial charge is 0.317 e. The quantitative estimate of drug-likeness (QED) is 0.721. The van der Waals surface area contributed by atoms with Crippen LogP contribution in [0.3, 0.4) is 0 Å². The highest BCUT2D eigenvalue weighted by atomic mass is 16.5. The molecule has 0 saturated carbocycles. The molecule has 6 heteroatoms. The van der Waals surface area contributed by atoms with Crippen molar-refractivity contribution in [2.24, 2.45) is 0 Å². The second-order valence-corrected chi connectivity index (χ2v) is 4.06. The van der Waals surface area contributed by atoms with Crippen molar-refractivity contribution in [3.63, 3.8) is 0 Å². The van der Waals surface area contributed by atoms with E-state index in [1.165, 1.54) is 4.90 Å². The van der Waals surface area contributed by atoms with Gasteiger partial charge in [0.2, 0.25) is 0 Å². The molecule has 0 bridgehead atoms. The average molecular weight is 267 g/mol. The van der Waals surface area contributed by atoms with Crippen molar-refractivity contribution in [2.75, 3.05) is 26.7 Å². The fraction of sp³-hybridized carbons (Fsp3) is 0.385. The zero-order valence-electron chi connectivity index (χ0n) is 10.7. The third kappa shape index (κ3) is 5.39. The molecule has 0 unspecified atom stereocenters. The SMILES string of the molecule is COc1ccccc1CCN(CC(=O)O)CC(=O)O. The van der Waals surface area contributed by atoms with Crippen molar-refractivity contribution in [2.45, 2.75) is 6.42 Å². The number of benzene rings is 1. The molecular weight excluding hydrogens is 250 g/mol. The van der Waals surface area contributed by atoms with Crippen molar-refractivity contribution in [1.29, 1.82) is 0 Å². The Morgan fingerprint density at radius 3 is 2.26 bits per heavy atom. The van der Waals surface area contributed by atoms with E-state index in [0.717, 1.165) is 5.56 Å². The van der Waals surface area contributed by atoms with Crippen LogP contribution >= 0.6 is 0 Å². The number of hydrogen-bond donors (Lipinski definition) is 2. The van der Waals surface area contributed by atoms with E-state index in [1.807, 2.05) is 24.3 Å². The van der Waals surface area contributed by atoms with Gasteiger partial charge in [-0.15, -0.1) is 0 Å². The molecule has 6 nitrogen and oxygen atoms in total. The van der Waals surface area contributed by atoms with E-state index in [9.17, 15) is 9.59 Å². The Bertz CT molecular complexity index is 430. The minimum absolute atomic E-state index is 0.290. The Kier molecular flexibility index (Phi) is 5.81. The summed E-state index contributed by atoms with van der Waals surface area (Å²) in [5, 5.41) is 17.5. The van der Waals surface area contributed by atoms with Gasteiger partial charge in [-0.25, -0.2) is 0 Å². The summed E-state index contributed by atoms with van der Waals surface area (Å²) in [5.74, 6) is -1.37. The number of methoxy groups -OCH3 is 1. The second kappa shape index (κ2) is 7.38. The zero-order chi connectivity index (χ0) is 14.3. The monoisotopic (exact) mass is 267 g/mol. The van der Waals surface area contributed by atoms with Gasteiger partial charge in [0, 0.05) is 6.54 Å². The van der Waals surface area contributed by atoms with Crippen molar-refractivity contribution in [1.82, 2.24) is 4.90 Å². The van der Waals surface area contributed by atoms with Crippen LogP contribution in [0.4, 0.5) is 0 Å². The highest BCUT2D eigenvalue weighted by molar-refractivity contribution is 5.72. The van der Waals surface area contributed by atoms with Crippen LogP contribution in [0.1, 0.15) is 5.56 Å². The highest BCUT2D eigenvalue weighted by Gasteiger charge is 2.14. The molecule has 0 aliphatic heterocycles. The van der Waals surface area contributed by atoms with Crippen LogP contribution in [0.15, 0.2) is 24.3 Å². The zero-order valence-corrected chi connectivity index (χ0v) is 10.7. The summed E-state index contributed by atoms with van der Waals surface area (Å²) < 4.78 is 5.19. The van der Waals surface area contributed by atoms with Crippen molar-refractivity contribution >= 4 is 11.9 Å². The number of ether oxygens (including phenoxy) is 1. The minimum atomic E-state index is -1.04. The van der Waals surface area contributed by atoms with Crippen LogP contribution in [-0.2, 0) is 16.0 Å². The van der Waals surface area contributed by atoms with Gasteiger partial charge in [-0.2, -0.15) is 0 Å². The van der Waals surface area contributed by atoms with Gasteiger partial charge in [0.25, 0.3) is 0 Å². The summed E-state index contributed by atoms with van der Waals surface area (Å²) in [4.78, 5) is 22.7. The molecule has 104 valence electrons. The first kappa shape index (κ1) is 15.0. The van der Waals surface area contributed by atoms with Gasteiger partial charge in [0.05, 0.1) is 20.2 Å². The number of aliphatic carboxylic acids is 2. The lowest BCUT2D eigenvalue weighted by molar-refractivity contribution is -0.141. The van der Waals surface area contributed by atoms with E-state index < -0.39 is 11.9 Å². The largest absolute Gasteiger partial charge is 0.496 e. The minimum Gasteiger partial charge on any atom is -0.496 e. The van der Waals surface area contributed by atoms with Crippen LogP contribution in [0, 0.1) is 0 Å². The number of rotatable bonds is 8. The fourth-order valence-electron chi connectivity index (χ4n) is 1.78. The van der Waals surface area contributed by atoms with Crippen molar-refractivity contribution < 1.29 is 24.5 Å². The molecule has 1 aromatic rings. The maximum Gasteiger partial charge on any atom is 0.317 e. The molecule has 0 aromatic heterocycles. The number of hydrogen-bond acceptors (Lipinski definition) is 4. The molecule has 0 spiro atoms. The Hall–Kier alpha value is -2.08. The molecule has 2 N–H and O–H groups in total. The molecule has 0 aliphatic carbocycles. The van der Waals surface area contributed by atoms with Crippen molar-refractivity contribution in [3.8, 4) is 5.75 Å². The summed E-state index contributed by atoms with van der Waals surface area (Å²) in [6, 6.07) is 7.39. The lowest BCUT2D eigenvalue weighted by atomic mass is 10.1. The molecule has 1 aromatic carbocycles. The Morgan fingerprint density at radius 1 is 1.16 bits per heavy atom. The van der Waals surface area contributed by atoms with E-state index in [1.54, 1.807) is 7.11 Å². The fourth-order valence-corrected chi connectivity index (χ4v) is 1.78. The molecule has 0 radical (unpaired) electrons. The van der Waals surface area contributed by atoms with E-state index in [4.69, 9.17) is 14.9 Å². The summed E-state index contributed by atoms with van der Waals surface area (Å²) in [5.41, 5.74) is 0.922. The lowest BCUT2D eigenvalue weighted by Gasteiger charge is -2.18. The van der Waals surface area contributed by atoms with Crippen LogP contribution in [-0.4, -0.2) is 53.8 Å². The highest BCUT2D eigenvalue weighted by Crippen LogP contribution is 2.17. The summed E-state index contributed by atoms with van der Waals surface area (Å²) in [7, 11) is 1.56. The molecule has 0 saturated heterocycles. The third-order valence-corrected chi connectivity index (χ3v) is 2.61. The van der Waals surface area contributed by atoms with Gasteiger partial charge >= 0.3 is 11.9 Å². The van der Waals surface area contributed by atoms with Gasteiger partial charge in [-0.3, -0.25) is 14.5 Å². The van der Waals surface area contributed by atoms with E-state index in [-0.39, 0.29) is 13.1 Å². The van der Waals surface area contributed by atoms with Crippen LogP contribution in [0.5, 0.6) is 5.75 Å². The molecule has 0 atom stereocenters.